The molecule has 2 amide bonds. The third kappa shape index (κ3) is 4.99. The number of aromatic nitrogens is 2. The van der Waals surface area contributed by atoms with Gasteiger partial charge in [-0.25, -0.2) is 0 Å². The van der Waals surface area contributed by atoms with Crippen molar-refractivity contribution in [3.63, 3.8) is 0 Å². The van der Waals surface area contributed by atoms with Gasteiger partial charge in [-0.2, -0.15) is 10.2 Å². The minimum absolute atomic E-state index is 0.188. The van der Waals surface area contributed by atoms with E-state index in [9.17, 15) is 9.59 Å². The van der Waals surface area contributed by atoms with Crippen LogP contribution in [0.2, 0.25) is 0 Å². The summed E-state index contributed by atoms with van der Waals surface area (Å²) in [7, 11) is 0. The van der Waals surface area contributed by atoms with E-state index in [0.29, 0.717) is 11.1 Å². The average Bonchev–Trinajstić information content (AvgIpc) is 3.36. The molecule has 0 spiro atoms. The zero-order valence-corrected chi connectivity index (χ0v) is 20.1. The van der Waals surface area contributed by atoms with Gasteiger partial charge >= 0.3 is 0 Å². The monoisotopic (exact) mass is 488 g/mol. The number of rotatable bonds is 7. The van der Waals surface area contributed by atoms with Crippen LogP contribution >= 0.6 is 0 Å². The molecule has 3 heterocycles. The largest absolute Gasteiger partial charge is 0.370 e. The number of nitrogens with one attached hydrogen (secondary N) is 2. The second kappa shape index (κ2) is 9.77. The van der Waals surface area contributed by atoms with Crippen LogP contribution in [0, 0.1) is 0 Å². The fourth-order valence-electron chi connectivity index (χ4n) is 4.70. The van der Waals surface area contributed by atoms with Crippen molar-refractivity contribution in [2.24, 2.45) is 0 Å². The molecule has 0 radical (unpaired) electrons. The molecule has 9 heteroatoms. The minimum atomic E-state index is -0.869. The van der Waals surface area contributed by atoms with E-state index in [4.69, 9.17) is 14.2 Å². The topological polar surface area (TPSA) is 112 Å². The zero-order chi connectivity index (χ0) is 25.2. The molecule has 0 bridgehead atoms. The Balaban J connectivity index is 1.21. The maximum Gasteiger partial charge on any atom is 0.253 e. The number of hydrogen-bond acceptors (Lipinski definition) is 7. The van der Waals surface area contributed by atoms with Gasteiger partial charge in [0.15, 0.2) is 5.79 Å². The molecule has 186 valence electrons. The summed E-state index contributed by atoms with van der Waals surface area (Å²) in [5.74, 6) is -1.35. The Kier molecular flexibility index (Phi) is 6.53. The summed E-state index contributed by atoms with van der Waals surface area (Å²) in [6, 6.07) is 19.0. The molecule has 0 saturated carbocycles. The number of fused-ring (bicyclic) bond motifs is 1. The van der Waals surface area contributed by atoms with Crippen LogP contribution in [0.5, 0.6) is 0 Å². The van der Waals surface area contributed by atoms with Gasteiger partial charge in [0.2, 0.25) is 0 Å². The predicted octanol–water partition coefficient (Wildman–Crippen LogP) is 2.59. The van der Waals surface area contributed by atoms with Crippen LogP contribution in [0.15, 0.2) is 73.1 Å². The molecule has 36 heavy (non-hydrogen) atoms. The third-order valence-electron chi connectivity index (χ3n) is 6.37. The van der Waals surface area contributed by atoms with E-state index in [2.05, 4.69) is 20.8 Å². The first-order valence-corrected chi connectivity index (χ1v) is 11.8. The van der Waals surface area contributed by atoms with E-state index >= 15 is 0 Å². The first-order valence-electron chi connectivity index (χ1n) is 11.8. The summed E-state index contributed by atoms with van der Waals surface area (Å²) in [4.78, 5) is 25.4. The van der Waals surface area contributed by atoms with Crippen LogP contribution in [0.4, 0.5) is 0 Å². The number of benzene rings is 2. The normalized spacial score (nSPS) is 24.2. The Hall–Kier alpha value is -3.66. The molecule has 2 N–H and O–H groups in total. The van der Waals surface area contributed by atoms with E-state index in [0.717, 1.165) is 11.1 Å². The Labute approximate surface area is 209 Å². The summed E-state index contributed by atoms with van der Waals surface area (Å²) in [5, 5.41) is 13.3. The molecule has 2 aliphatic rings. The van der Waals surface area contributed by atoms with E-state index < -0.39 is 23.6 Å². The highest BCUT2D eigenvalue weighted by Gasteiger charge is 2.61. The predicted molar refractivity (Wildman–Crippen MR) is 131 cm³/mol. The van der Waals surface area contributed by atoms with Crippen molar-refractivity contribution in [2.75, 3.05) is 19.7 Å². The number of hydrogen-bond donors (Lipinski definition) is 2. The quantitative estimate of drug-likeness (QED) is 0.526. The molecule has 2 saturated heterocycles. The van der Waals surface area contributed by atoms with Crippen LogP contribution in [0.25, 0.3) is 11.1 Å². The smallest absolute Gasteiger partial charge is 0.253 e. The maximum atomic E-state index is 12.8. The van der Waals surface area contributed by atoms with Gasteiger partial charge in [0, 0.05) is 12.1 Å². The Bertz CT molecular complexity index is 1220. The maximum absolute atomic E-state index is 12.8. The number of carbonyl (C=O) groups excluding carboxylic acids is 2. The SMILES string of the molecule is CC1(C)O[C@@H]2[C@@H](CNC(=O)c3ccc(-c4ccccc4)cc3)OC[C@]2(CNC(=O)c2ccnnc2)O1. The first kappa shape index (κ1) is 24.1. The van der Waals surface area contributed by atoms with Gasteiger partial charge < -0.3 is 24.8 Å². The summed E-state index contributed by atoms with van der Waals surface area (Å²) in [6.45, 7) is 4.31. The molecule has 2 fully saturated rings. The Morgan fingerprint density at radius 3 is 2.36 bits per heavy atom. The van der Waals surface area contributed by atoms with Crippen LogP contribution in [0.1, 0.15) is 34.6 Å². The summed E-state index contributed by atoms with van der Waals surface area (Å²) in [5.41, 5.74) is 2.22. The van der Waals surface area contributed by atoms with Gasteiger partial charge in [-0.15, -0.1) is 0 Å². The van der Waals surface area contributed by atoms with Crippen molar-refractivity contribution >= 4 is 11.8 Å². The van der Waals surface area contributed by atoms with Crippen molar-refractivity contribution in [2.45, 2.75) is 37.4 Å². The average molecular weight is 489 g/mol. The van der Waals surface area contributed by atoms with Gasteiger partial charge in [-0.3, -0.25) is 9.59 Å². The van der Waals surface area contributed by atoms with Crippen molar-refractivity contribution in [3.8, 4) is 11.1 Å². The highest BCUT2D eigenvalue weighted by atomic mass is 16.8. The lowest BCUT2D eigenvalue weighted by atomic mass is 9.96. The third-order valence-corrected chi connectivity index (χ3v) is 6.37. The minimum Gasteiger partial charge on any atom is -0.370 e. The lowest BCUT2D eigenvalue weighted by molar-refractivity contribution is -0.188. The van der Waals surface area contributed by atoms with E-state index in [1.54, 1.807) is 18.2 Å². The molecule has 0 unspecified atom stereocenters. The van der Waals surface area contributed by atoms with Crippen molar-refractivity contribution in [1.82, 2.24) is 20.8 Å². The summed E-state index contributed by atoms with van der Waals surface area (Å²) < 4.78 is 18.4. The van der Waals surface area contributed by atoms with Crippen molar-refractivity contribution in [3.05, 3.63) is 84.2 Å². The number of carbonyl (C=O) groups is 2. The second-order valence-electron chi connectivity index (χ2n) is 9.42. The highest BCUT2D eigenvalue weighted by molar-refractivity contribution is 5.95. The first-order chi connectivity index (χ1) is 17.4. The second-order valence-corrected chi connectivity index (χ2v) is 9.42. The Morgan fingerprint density at radius 2 is 1.64 bits per heavy atom. The Morgan fingerprint density at radius 1 is 0.917 bits per heavy atom. The lowest BCUT2D eigenvalue weighted by Crippen LogP contribution is -2.52. The molecule has 0 aliphatic carbocycles. The number of amides is 2. The van der Waals surface area contributed by atoms with E-state index in [-0.39, 0.29) is 31.5 Å². The molecule has 3 atom stereocenters. The molecule has 3 aromatic rings. The van der Waals surface area contributed by atoms with Crippen molar-refractivity contribution < 1.29 is 23.8 Å². The summed E-state index contributed by atoms with van der Waals surface area (Å²) >= 11 is 0. The number of nitrogens with zero attached hydrogens (tertiary/aromatic N) is 2. The molecule has 9 nitrogen and oxygen atoms in total. The fourth-order valence-corrected chi connectivity index (χ4v) is 4.70. The van der Waals surface area contributed by atoms with Crippen LogP contribution in [-0.2, 0) is 14.2 Å². The molecule has 1 aromatic heterocycles. The molecule has 2 aliphatic heterocycles. The van der Waals surface area contributed by atoms with E-state index in [1.807, 2.05) is 56.3 Å². The fraction of sp³-hybridized carbons (Fsp3) is 0.333. The lowest BCUT2D eigenvalue weighted by Gasteiger charge is -2.27. The molecule has 2 aromatic carbocycles. The zero-order valence-electron chi connectivity index (χ0n) is 20.1. The van der Waals surface area contributed by atoms with Crippen LogP contribution < -0.4 is 10.6 Å². The molecular weight excluding hydrogens is 460 g/mol. The van der Waals surface area contributed by atoms with Gasteiger partial charge in [-0.1, -0.05) is 42.5 Å². The van der Waals surface area contributed by atoms with Crippen molar-refractivity contribution in [1.29, 1.82) is 0 Å². The number of ether oxygens (including phenoxy) is 3. The van der Waals surface area contributed by atoms with Gasteiger partial charge in [0.25, 0.3) is 11.8 Å². The van der Waals surface area contributed by atoms with Gasteiger partial charge in [0.05, 0.1) is 31.1 Å². The highest BCUT2D eigenvalue weighted by Crippen LogP contribution is 2.43. The molecule has 5 rings (SSSR count). The van der Waals surface area contributed by atoms with Gasteiger partial charge in [0.1, 0.15) is 17.8 Å². The van der Waals surface area contributed by atoms with E-state index in [1.165, 1.54) is 12.4 Å². The summed E-state index contributed by atoms with van der Waals surface area (Å²) in [6.07, 6.45) is 1.96. The standard InChI is InChI=1S/C27H28N4O5/c1-26(2)35-23-22(34-17-27(23,36-26)16-29-25(33)21-12-13-30-31-14-21)15-28-24(32)20-10-8-19(9-11-20)18-6-4-3-5-7-18/h3-14,22-23H,15-17H2,1-2H3,(H,28,32)(H,29,33)/t22-,23-,27+/m1/s1. The van der Waals surface area contributed by atoms with Gasteiger partial charge in [-0.05, 0) is 43.2 Å². The van der Waals surface area contributed by atoms with Crippen LogP contribution in [0.3, 0.4) is 0 Å². The van der Waals surface area contributed by atoms with Crippen LogP contribution in [-0.4, -0.2) is 65.3 Å². The molecular formula is C27H28N4O5.